The summed E-state index contributed by atoms with van der Waals surface area (Å²) in [6.07, 6.45) is -3.54. The normalized spacial score (nSPS) is 17.2. The van der Waals surface area contributed by atoms with Gasteiger partial charge in [0, 0.05) is 13.1 Å². The van der Waals surface area contributed by atoms with E-state index in [0.717, 1.165) is 19.3 Å². The van der Waals surface area contributed by atoms with Gasteiger partial charge in [-0.1, -0.05) is 0 Å². The first-order valence-corrected chi connectivity index (χ1v) is 5.67. The Kier molecular flexibility index (Phi) is 4.70. The van der Waals surface area contributed by atoms with Crippen LogP contribution in [0, 0.1) is 0 Å². The van der Waals surface area contributed by atoms with Gasteiger partial charge in [-0.2, -0.15) is 22.0 Å². The topological polar surface area (TPSA) is 49.4 Å². The number of amides is 2. The quantitative estimate of drug-likeness (QED) is 0.796. The molecule has 1 N–H and O–H groups in total. The van der Waals surface area contributed by atoms with Gasteiger partial charge >= 0.3 is 18.0 Å². The molecule has 0 spiro atoms. The lowest BCUT2D eigenvalue weighted by Crippen LogP contribution is -2.52. The molecular formula is C10H13F5N2O2. The Morgan fingerprint density at radius 2 is 1.53 bits per heavy atom. The van der Waals surface area contributed by atoms with Crippen LogP contribution in [0.2, 0.25) is 0 Å². The molecule has 0 bridgehead atoms. The third-order valence-electron chi connectivity index (χ3n) is 2.75. The number of hydrogen-bond donors (Lipinski definition) is 1. The van der Waals surface area contributed by atoms with Crippen LogP contribution in [-0.2, 0) is 9.59 Å². The van der Waals surface area contributed by atoms with E-state index in [0.29, 0.717) is 13.1 Å². The summed E-state index contributed by atoms with van der Waals surface area (Å²) in [5, 5.41) is 1.33. The minimum Gasteiger partial charge on any atom is -0.341 e. The van der Waals surface area contributed by atoms with Crippen molar-refractivity contribution in [1.82, 2.24) is 10.2 Å². The zero-order chi connectivity index (χ0) is 14.7. The third kappa shape index (κ3) is 3.77. The van der Waals surface area contributed by atoms with Crippen LogP contribution in [-0.4, -0.2) is 48.4 Å². The third-order valence-corrected chi connectivity index (χ3v) is 2.75. The lowest BCUT2D eigenvalue weighted by atomic mass is 10.1. The molecule has 9 heteroatoms. The monoisotopic (exact) mass is 288 g/mol. The fourth-order valence-corrected chi connectivity index (χ4v) is 1.65. The molecule has 0 atom stereocenters. The molecular weight excluding hydrogens is 275 g/mol. The number of likely N-dealkylation sites (tertiary alicyclic amines) is 1. The molecule has 19 heavy (non-hydrogen) atoms. The number of piperidine rings is 1. The number of halogens is 5. The first kappa shape index (κ1) is 15.6. The van der Waals surface area contributed by atoms with Crippen molar-refractivity contribution < 1.29 is 31.5 Å². The highest BCUT2D eigenvalue weighted by Gasteiger charge is 2.63. The summed E-state index contributed by atoms with van der Waals surface area (Å²) >= 11 is 0. The minimum absolute atomic E-state index is 0.421. The molecule has 4 nitrogen and oxygen atoms in total. The Labute approximate surface area is 105 Å². The molecule has 1 aliphatic heterocycles. The van der Waals surface area contributed by atoms with Crippen LogP contribution in [0.3, 0.4) is 0 Å². The second-order valence-corrected chi connectivity index (χ2v) is 4.20. The summed E-state index contributed by atoms with van der Waals surface area (Å²) < 4.78 is 60.7. The Morgan fingerprint density at radius 3 is 2.00 bits per heavy atom. The van der Waals surface area contributed by atoms with E-state index in [1.807, 2.05) is 0 Å². The number of alkyl halides is 5. The molecule has 0 aromatic carbocycles. The van der Waals surface area contributed by atoms with Gasteiger partial charge in [0.1, 0.15) is 0 Å². The molecule has 1 fully saturated rings. The van der Waals surface area contributed by atoms with E-state index >= 15 is 0 Å². The molecule has 110 valence electrons. The van der Waals surface area contributed by atoms with E-state index in [4.69, 9.17) is 0 Å². The molecule has 0 unspecified atom stereocenters. The summed E-state index contributed by atoms with van der Waals surface area (Å²) in [6.45, 7) is -0.0146. The van der Waals surface area contributed by atoms with Gasteiger partial charge in [-0.3, -0.25) is 9.59 Å². The molecule has 1 rings (SSSR count). The van der Waals surface area contributed by atoms with Crippen LogP contribution in [0.5, 0.6) is 0 Å². The number of carbonyl (C=O) groups excluding carboxylic acids is 2. The smallest absolute Gasteiger partial charge is 0.341 e. The van der Waals surface area contributed by atoms with Gasteiger partial charge in [0.15, 0.2) is 0 Å². The van der Waals surface area contributed by atoms with Crippen LogP contribution < -0.4 is 5.32 Å². The highest BCUT2D eigenvalue weighted by atomic mass is 19.4. The van der Waals surface area contributed by atoms with Gasteiger partial charge in [0.05, 0.1) is 6.54 Å². The molecule has 0 aromatic heterocycles. The summed E-state index contributed by atoms with van der Waals surface area (Å²) in [4.78, 5) is 23.5. The number of nitrogens with zero attached hydrogens (tertiary/aromatic N) is 1. The van der Waals surface area contributed by atoms with Crippen molar-refractivity contribution in [3.63, 3.8) is 0 Å². The highest BCUT2D eigenvalue weighted by molar-refractivity contribution is 5.89. The fourth-order valence-electron chi connectivity index (χ4n) is 1.65. The molecule has 1 aliphatic rings. The summed E-state index contributed by atoms with van der Waals surface area (Å²) in [5.74, 6) is -8.66. The molecule has 0 aromatic rings. The van der Waals surface area contributed by atoms with E-state index < -0.39 is 30.5 Å². The Bertz CT molecular complexity index is 350. The molecule has 1 heterocycles. The van der Waals surface area contributed by atoms with Crippen LogP contribution in [0.1, 0.15) is 19.3 Å². The van der Waals surface area contributed by atoms with Crippen LogP contribution in [0.4, 0.5) is 22.0 Å². The van der Waals surface area contributed by atoms with Gasteiger partial charge in [0.2, 0.25) is 5.91 Å². The van der Waals surface area contributed by atoms with Crippen molar-refractivity contribution in [1.29, 1.82) is 0 Å². The van der Waals surface area contributed by atoms with E-state index in [9.17, 15) is 31.5 Å². The Hall–Kier alpha value is -1.41. The molecule has 0 saturated carbocycles. The lowest BCUT2D eigenvalue weighted by Gasteiger charge is -2.27. The van der Waals surface area contributed by atoms with Gasteiger partial charge in [-0.15, -0.1) is 0 Å². The van der Waals surface area contributed by atoms with Gasteiger partial charge in [-0.05, 0) is 19.3 Å². The van der Waals surface area contributed by atoms with Crippen LogP contribution in [0.15, 0.2) is 0 Å². The van der Waals surface area contributed by atoms with Crippen molar-refractivity contribution in [3.05, 3.63) is 0 Å². The zero-order valence-electron chi connectivity index (χ0n) is 9.90. The second-order valence-electron chi connectivity index (χ2n) is 4.20. The highest BCUT2D eigenvalue weighted by Crippen LogP contribution is 2.35. The number of carbonyl (C=O) groups is 2. The second kappa shape index (κ2) is 5.70. The van der Waals surface area contributed by atoms with Crippen molar-refractivity contribution in [2.75, 3.05) is 19.6 Å². The average Bonchev–Trinajstić information content (AvgIpc) is 2.35. The standard InChI is InChI=1S/C10H13F5N2O2/c11-9(12,10(13,14)15)8(19)16-6-7(18)17-4-2-1-3-5-17/h1-6H2,(H,16,19). The van der Waals surface area contributed by atoms with Gasteiger partial charge < -0.3 is 10.2 Å². The van der Waals surface area contributed by atoms with Gasteiger partial charge in [-0.25, -0.2) is 0 Å². The largest absolute Gasteiger partial charge is 0.463 e. The first-order chi connectivity index (χ1) is 8.66. The summed E-state index contributed by atoms with van der Waals surface area (Å²) in [5.41, 5.74) is 0. The number of hydrogen-bond acceptors (Lipinski definition) is 2. The van der Waals surface area contributed by atoms with Crippen LogP contribution in [0.25, 0.3) is 0 Å². The van der Waals surface area contributed by atoms with E-state index in [-0.39, 0.29) is 0 Å². The van der Waals surface area contributed by atoms with Crippen molar-refractivity contribution in [2.45, 2.75) is 31.4 Å². The van der Waals surface area contributed by atoms with Crippen molar-refractivity contribution in [2.24, 2.45) is 0 Å². The predicted molar refractivity (Wildman–Crippen MR) is 54.4 cm³/mol. The SMILES string of the molecule is O=C(CNC(=O)C(F)(F)C(F)(F)F)N1CCCCC1. The number of rotatable bonds is 3. The van der Waals surface area contributed by atoms with Crippen molar-refractivity contribution in [3.8, 4) is 0 Å². The fraction of sp³-hybridized carbons (Fsp3) is 0.800. The van der Waals surface area contributed by atoms with E-state index in [1.165, 1.54) is 10.2 Å². The zero-order valence-corrected chi connectivity index (χ0v) is 9.90. The van der Waals surface area contributed by atoms with Gasteiger partial charge in [0.25, 0.3) is 0 Å². The Balaban J connectivity index is 2.48. The first-order valence-electron chi connectivity index (χ1n) is 5.67. The molecule has 1 saturated heterocycles. The van der Waals surface area contributed by atoms with E-state index in [1.54, 1.807) is 0 Å². The molecule has 2 amide bonds. The molecule has 0 aliphatic carbocycles. The van der Waals surface area contributed by atoms with Crippen LogP contribution >= 0.6 is 0 Å². The lowest BCUT2D eigenvalue weighted by molar-refractivity contribution is -0.269. The predicted octanol–water partition coefficient (Wildman–Crippen LogP) is 1.31. The maximum atomic E-state index is 12.6. The maximum Gasteiger partial charge on any atom is 0.463 e. The minimum atomic E-state index is -5.97. The average molecular weight is 288 g/mol. The molecule has 0 radical (unpaired) electrons. The maximum absolute atomic E-state index is 12.6. The van der Waals surface area contributed by atoms with Crippen molar-refractivity contribution >= 4 is 11.8 Å². The summed E-state index contributed by atoms with van der Waals surface area (Å²) in [6, 6.07) is 0. The number of nitrogens with one attached hydrogen (secondary N) is 1. The van der Waals surface area contributed by atoms with E-state index in [2.05, 4.69) is 0 Å². The Morgan fingerprint density at radius 1 is 1.00 bits per heavy atom. The summed E-state index contributed by atoms with van der Waals surface area (Å²) in [7, 11) is 0.